The summed E-state index contributed by atoms with van der Waals surface area (Å²) < 4.78 is 250. The molecule has 0 saturated heterocycles. The van der Waals surface area contributed by atoms with E-state index in [1.807, 2.05) is 0 Å². The molecule has 0 fully saturated rings. The molecule has 0 saturated carbocycles. The van der Waals surface area contributed by atoms with Gasteiger partial charge in [0.25, 0.3) is 0 Å². The fraction of sp³-hybridized carbons (Fsp3) is 0. The lowest BCUT2D eigenvalue weighted by molar-refractivity contribution is 1.62. The molecule has 0 radical (unpaired) electrons. The Balaban J connectivity index is 1.85. The topological polar surface area (TPSA) is 0 Å². The maximum absolute atomic E-state index is 9.94. The van der Waals surface area contributed by atoms with Crippen molar-refractivity contribution in [1.29, 1.82) is 0 Å². The Morgan fingerprint density at radius 3 is 1.45 bits per heavy atom. The van der Waals surface area contributed by atoms with Gasteiger partial charge in [-0.2, -0.15) is 0 Å². The Morgan fingerprint density at radius 2 is 0.786 bits per heavy atom. The first kappa shape index (κ1) is 9.02. The van der Waals surface area contributed by atoms with Crippen LogP contribution in [0.3, 0.4) is 0 Å². The van der Waals surface area contributed by atoms with Gasteiger partial charge in [-0.15, -0.1) is 0 Å². The van der Waals surface area contributed by atoms with E-state index in [4.69, 9.17) is 28.8 Å². The van der Waals surface area contributed by atoms with Crippen LogP contribution < -0.4 is 0 Å². The van der Waals surface area contributed by atoms with Gasteiger partial charge in [0, 0.05) is 0 Å². The highest BCUT2D eigenvalue weighted by Gasteiger charge is 2.18. The Bertz CT molecular complexity index is 3710. The Kier molecular flexibility index (Phi) is 2.19. The number of hydrogen-bond acceptors (Lipinski definition) is 0. The monoisotopic (exact) mass is 560 g/mol. The molecule has 0 spiro atoms. The van der Waals surface area contributed by atoms with Crippen molar-refractivity contribution in [2.24, 2.45) is 0 Å². The summed E-state index contributed by atoms with van der Waals surface area (Å²) in [4.78, 5) is 0. The van der Waals surface area contributed by atoms with E-state index < -0.39 is 246 Å². The normalized spacial score (nSPS) is 20.7. The zero-order valence-electron chi connectivity index (χ0n) is 49.0. The van der Waals surface area contributed by atoms with Gasteiger partial charge in [0.05, 0.1) is 38.4 Å². The lowest BCUT2D eigenvalue weighted by Gasteiger charge is -2.20. The largest absolute Gasteiger partial charge is 0.0636 e. The smallest absolute Gasteiger partial charge is 0.0622 e. The van der Waals surface area contributed by atoms with Crippen molar-refractivity contribution >= 4 is 32.3 Å². The summed E-state index contributed by atoms with van der Waals surface area (Å²) >= 11 is 0. The number of benzene rings is 8. The quantitative estimate of drug-likeness (QED) is 0.188. The predicted molar refractivity (Wildman–Crippen MR) is 181 cm³/mol. The molecular weight excluding hydrogens is 504 g/mol. The summed E-state index contributed by atoms with van der Waals surface area (Å²) in [6.07, 6.45) is 0. The minimum absolute atomic E-state index is 0.716. The van der Waals surface area contributed by atoms with E-state index >= 15 is 0 Å². The van der Waals surface area contributed by atoms with E-state index in [9.17, 15) is 9.60 Å². The fourth-order valence-corrected chi connectivity index (χ4v) is 4.72. The lowest BCUT2D eigenvalue weighted by Crippen LogP contribution is -1.92. The minimum Gasteiger partial charge on any atom is -0.0622 e. The summed E-state index contributed by atoms with van der Waals surface area (Å²) in [7, 11) is 0. The molecule has 0 N–H and O–H groups in total. The highest BCUT2D eigenvalue weighted by Crippen LogP contribution is 2.46. The summed E-state index contributed by atoms with van der Waals surface area (Å²) in [5.41, 5.74) is -6.86. The molecule has 0 bridgehead atoms. The summed E-state index contributed by atoms with van der Waals surface area (Å²) in [5, 5.41) is -4.85. The lowest BCUT2D eigenvalue weighted by atomic mass is 9.83. The molecule has 0 heteroatoms. The van der Waals surface area contributed by atoms with Crippen LogP contribution in [-0.2, 0) is 0 Å². The molecule has 8 aromatic carbocycles. The van der Waals surface area contributed by atoms with Crippen LogP contribution in [0.1, 0.15) is 38.4 Å². The third kappa shape index (κ3) is 4.08. The third-order valence-corrected chi connectivity index (χ3v) is 6.44. The molecule has 0 aliphatic heterocycles. The van der Waals surface area contributed by atoms with Crippen LogP contribution in [0.2, 0.25) is 0 Å². The molecule has 0 aromatic heterocycles. The van der Waals surface area contributed by atoms with Gasteiger partial charge in [-0.3, -0.25) is 0 Å². The maximum Gasteiger partial charge on any atom is 0.0636 e. The van der Waals surface area contributed by atoms with Crippen molar-refractivity contribution < 1.29 is 38.4 Å². The standard InChI is InChI=1S/C42H28/c1-4-14-29(15-5-1)32-24-25-38-40(27-32)41(31-18-8-3-9-19-31)36-22-12-13-23-37(36)42(38)34-26-33-20-10-11-21-35(33)39(28-34)30-16-6-2-7-17-30/h1-28H/i1D,2D,3D,4D,5D,6D,7D,8D,9D,10D,11D,12D,13D,14D,15D,16D,17D,18D,19D,20D,21D,22D,23D,24D,25D,26D,27D,28D. The third-order valence-electron chi connectivity index (χ3n) is 6.44. The van der Waals surface area contributed by atoms with Gasteiger partial charge in [0.15, 0.2) is 0 Å². The van der Waals surface area contributed by atoms with Crippen LogP contribution in [0.5, 0.6) is 0 Å². The molecule has 0 amide bonds. The van der Waals surface area contributed by atoms with Gasteiger partial charge in [-0.25, -0.2) is 0 Å². The van der Waals surface area contributed by atoms with Crippen molar-refractivity contribution in [2.75, 3.05) is 0 Å². The first-order valence-electron chi connectivity index (χ1n) is 26.2. The molecule has 42 heavy (non-hydrogen) atoms. The molecule has 196 valence electrons. The van der Waals surface area contributed by atoms with Gasteiger partial charge in [-0.05, 0) is 95.0 Å². The second kappa shape index (κ2) is 10.2. The van der Waals surface area contributed by atoms with Crippen molar-refractivity contribution in [3.05, 3.63) is 169 Å². The van der Waals surface area contributed by atoms with E-state index in [1.54, 1.807) is 0 Å². The van der Waals surface area contributed by atoms with E-state index in [0.29, 0.717) is 0 Å². The van der Waals surface area contributed by atoms with Crippen molar-refractivity contribution in [3.63, 3.8) is 0 Å². The number of hydrogen-bond donors (Lipinski definition) is 0. The molecular formula is C42H28. The van der Waals surface area contributed by atoms with Crippen LogP contribution in [0.4, 0.5) is 0 Å². The first-order valence-corrected chi connectivity index (χ1v) is 12.2. The molecule has 0 nitrogen and oxygen atoms in total. The van der Waals surface area contributed by atoms with Crippen LogP contribution >= 0.6 is 0 Å². The summed E-state index contributed by atoms with van der Waals surface area (Å²) in [5.74, 6) is 0. The second-order valence-electron chi connectivity index (χ2n) is 8.75. The molecule has 0 unspecified atom stereocenters. The van der Waals surface area contributed by atoms with Crippen LogP contribution in [-0.4, -0.2) is 0 Å². The van der Waals surface area contributed by atoms with E-state index in [-0.39, 0.29) is 0 Å². The summed E-state index contributed by atoms with van der Waals surface area (Å²) in [6, 6.07) is -28.3. The van der Waals surface area contributed by atoms with E-state index in [2.05, 4.69) is 0 Å². The SMILES string of the molecule is [2H]c1c([2H])c([2H])c(-c2c([2H])c([2H])c3c(-c4c([2H])c(-c5c([2H])c([2H])c([2H])c([2H])c5[2H])c5c([2H])c([2H])c([2H])c([2H])c5c4[2H])c4c([2H])c([2H])c([2H])c([2H])c4c(-c4c([2H])c([2H])c([2H])c([2H])c4[2H])c3c2[2H])c([2H])c1[2H]. The van der Waals surface area contributed by atoms with Gasteiger partial charge < -0.3 is 0 Å². The zero-order chi connectivity index (χ0) is 52.2. The highest BCUT2D eigenvalue weighted by molar-refractivity contribution is 6.22. The fourth-order valence-electron chi connectivity index (χ4n) is 4.72. The average Bonchev–Trinajstić information content (AvgIpc) is 3.32. The van der Waals surface area contributed by atoms with Crippen molar-refractivity contribution in [2.45, 2.75) is 0 Å². The van der Waals surface area contributed by atoms with Crippen molar-refractivity contribution in [3.8, 4) is 44.5 Å². The molecule has 8 aromatic rings. The van der Waals surface area contributed by atoms with Gasteiger partial charge in [0.2, 0.25) is 0 Å². The first-order chi connectivity index (χ1) is 32.5. The zero-order valence-corrected chi connectivity index (χ0v) is 21.0. The average molecular weight is 561 g/mol. The Morgan fingerprint density at radius 1 is 0.286 bits per heavy atom. The van der Waals surface area contributed by atoms with Gasteiger partial charge in [0.1, 0.15) is 0 Å². The molecule has 0 aliphatic rings. The van der Waals surface area contributed by atoms with Crippen LogP contribution in [0.15, 0.2) is 169 Å². The van der Waals surface area contributed by atoms with Gasteiger partial charge >= 0.3 is 0 Å². The number of fused-ring (bicyclic) bond motifs is 3. The van der Waals surface area contributed by atoms with Crippen LogP contribution in [0, 0.1) is 0 Å². The second-order valence-corrected chi connectivity index (χ2v) is 8.75. The van der Waals surface area contributed by atoms with Gasteiger partial charge in [-0.1, -0.05) is 151 Å². The highest BCUT2D eigenvalue weighted by atomic mass is 14.2. The molecule has 0 aliphatic carbocycles. The van der Waals surface area contributed by atoms with Crippen LogP contribution in [0.25, 0.3) is 76.8 Å². The van der Waals surface area contributed by atoms with Crippen molar-refractivity contribution in [1.82, 2.24) is 0 Å². The van der Waals surface area contributed by atoms with E-state index in [1.165, 1.54) is 0 Å². The molecule has 8 rings (SSSR count). The summed E-state index contributed by atoms with van der Waals surface area (Å²) in [6.45, 7) is 0. The molecule has 0 atom stereocenters. The number of rotatable bonds is 4. The minimum atomic E-state index is -1.14. The maximum atomic E-state index is 9.94. The molecule has 0 heterocycles. The van der Waals surface area contributed by atoms with E-state index in [0.717, 1.165) is 0 Å². The predicted octanol–water partition coefficient (Wildman–Crippen LogP) is 11.8. The Labute approximate surface area is 285 Å². The Hall–Kier alpha value is -5.46.